The minimum atomic E-state index is -1.29. The van der Waals surface area contributed by atoms with E-state index in [4.69, 9.17) is 5.11 Å². The van der Waals surface area contributed by atoms with Crippen LogP contribution in [0.1, 0.15) is 23.7 Å². The molecule has 0 aliphatic heterocycles. The van der Waals surface area contributed by atoms with E-state index < -0.39 is 5.97 Å². The highest BCUT2D eigenvalue weighted by Gasteiger charge is 2.11. The Morgan fingerprint density at radius 3 is 2.53 bits per heavy atom. The molecule has 0 saturated carbocycles. The van der Waals surface area contributed by atoms with Crippen LogP contribution in [0.4, 0.5) is 5.69 Å². The zero-order valence-corrected chi connectivity index (χ0v) is 10.3. The molecular weight excluding hydrogens is 252 g/mol. The number of nitrogens with one attached hydrogen (secondary N) is 2. The number of carbonyl (C=O) groups is 3. The van der Waals surface area contributed by atoms with Gasteiger partial charge >= 0.3 is 5.97 Å². The molecular formula is C12H14N2O5. The van der Waals surface area contributed by atoms with E-state index in [1.165, 1.54) is 19.1 Å². The smallest absolute Gasteiger partial charge is 0.339 e. The Kier molecular flexibility index (Phi) is 4.87. The third-order valence-electron chi connectivity index (χ3n) is 2.24. The van der Waals surface area contributed by atoms with Gasteiger partial charge in [0.15, 0.2) is 0 Å². The van der Waals surface area contributed by atoms with Gasteiger partial charge in [-0.05, 0) is 18.2 Å². The first-order valence-corrected chi connectivity index (χ1v) is 5.50. The second kappa shape index (κ2) is 6.39. The standard InChI is InChI=1S/C12H14N2O5/c1-7(15)13-5-4-11(17)14-8-2-3-10(16)9(6-8)12(18)19/h2-3,6,16H,4-5H2,1H3,(H,13,15)(H,14,17)(H,18,19). The van der Waals surface area contributed by atoms with Crippen molar-refractivity contribution >= 4 is 23.5 Å². The van der Waals surface area contributed by atoms with E-state index in [1.807, 2.05) is 0 Å². The highest BCUT2D eigenvalue weighted by molar-refractivity contribution is 5.95. The van der Waals surface area contributed by atoms with Crippen molar-refractivity contribution in [2.75, 3.05) is 11.9 Å². The molecule has 4 N–H and O–H groups in total. The third-order valence-corrected chi connectivity index (χ3v) is 2.24. The number of amides is 2. The van der Waals surface area contributed by atoms with Gasteiger partial charge in [-0.15, -0.1) is 0 Å². The van der Waals surface area contributed by atoms with Crippen molar-refractivity contribution in [1.82, 2.24) is 5.32 Å². The van der Waals surface area contributed by atoms with Gasteiger partial charge in [0.25, 0.3) is 0 Å². The number of carbonyl (C=O) groups excluding carboxylic acids is 2. The van der Waals surface area contributed by atoms with Gasteiger partial charge < -0.3 is 20.8 Å². The number of hydrogen-bond acceptors (Lipinski definition) is 4. The molecule has 0 radical (unpaired) electrons. The Bertz CT molecular complexity index is 513. The lowest BCUT2D eigenvalue weighted by Gasteiger charge is -2.07. The largest absolute Gasteiger partial charge is 0.507 e. The lowest BCUT2D eigenvalue weighted by atomic mass is 10.1. The van der Waals surface area contributed by atoms with E-state index in [1.54, 1.807) is 0 Å². The summed E-state index contributed by atoms with van der Waals surface area (Å²) in [6.45, 7) is 1.54. The molecule has 0 saturated heterocycles. The van der Waals surface area contributed by atoms with Crippen LogP contribution in [0, 0.1) is 0 Å². The van der Waals surface area contributed by atoms with Gasteiger partial charge in [0.2, 0.25) is 11.8 Å². The maximum absolute atomic E-state index is 11.5. The van der Waals surface area contributed by atoms with Gasteiger partial charge in [-0.1, -0.05) is 0 Å². The molecule has 7 nitrogen and oxygen atoms in total. The van der Waals surface area contributed by atoms with Gasteiger partial charge in [-0.2, -0.15) is 0 Å². The van der Waals surface area contributed by atoms with Crippen molar-refractivity contribution in [3.8, 4) is 5.75 Å². The van der Waals surface area contributed by atoms with Crippen LogP contribution in [-0.4, -0.2) is 34.5 Å². The number of anilines is 1. The Hall–Kier alpha value is -2.57. The molecule has 1 aromatic carbocycles. The fourth-order valence-electron chi connectivity index (χ4n) is 1.36. The van der Waals surface area contributed by atoms with Crippen LogP contribution in [0.3, 0.4) is 0 Å². The van der Waals surface area contributed by atoms with E-state index >= 15 is 0 Å². The van der Waals surface area contributed by atoms with E-state index in [9.17, 15) is 19.5 Å². The summed E-state index contributed by atoms with van der Waals surface area (Å²) >= 11 is 0. The van der Waals surface area contributed by atoms with Crippen molar-refractivity contribution in [2.24, 2.45) is 0 Å². The van der Waals surface area contributed by atoms with Crippen LogP contribution in [0.15, 0.2) is 18.2 Å². The van der Waals surface area contributed by atoms with Crippen LogP contribution < -0.4 is 10.6 Å². The zero-order chi connectivity index (χ0) is 14.4. The summed E-state index contributed by atoms with van der Waals surface area (Å²) in [5.41, 5.74) is -0.0253. The molecule has 0 aliphatic carbocycles. The number of hydrogen-bond donors (Lipinski definition) is 4. The number of aromatic carboxylic acids is 1. The summed E-state index contributed by atoms with van der Waals surface area (Å²) < 4.78 is 0. The van der Waals surface area contributed by atoms with Crippen LogP contribution in [0.25, 0.3) is 0 Å². The molecule has 2 amide bonds. The fourth-order valence-corrected chi connectivity index (χ4v) is 1.36. The number of carboxylic acid groups (broad SMARTS) is 1. The van der Waals surface area contributed by atoms with Gasteiger partial charge in [0, 0.05) is 25.6 Å². The van der Waals surface area contributed by atoms with Gasteiger partial charge in [-0.25, -0.2) is 4.79 Å². The molecule has 0 heterocycles. The summed E-state index contributed by atoms with van der Waals surface area (Å²) in [5, 5.41) is 23.0. The summed E-state index contributed by atoms with van der Waals surface area (Å²) in [6, 6.07) is 3.74. The second-order valence-electron chi connectivity index (χ2n) is 3.82. The van der Waals surface area contributed by atoms with Crippen molar-refractivity contribution in [2.45, 2.75) is 13.3 Å². The Morgan fingerprint density at radius 2 is 1.95 bits per heavy atom. The molecule has 0 bridgehead atoms. The van der Waals surface area contributed by atoms with E-state index in [0.717, 1.165) is 6.07 Å². The monoisotopic (exact) mass is 266 g/mol. The van der Waals surface area contributed by atoms with E-state index in [2.05, 4.69) is 10.6 Å². The Morgan fingerprint density at radius 1 is 1.26 bits per heavy atom. The highest BCUT2D eigenvalue weighted by Crippen LogP contribution is 2.21. The molecule has 0 aromatic heterocycles. The van der Waals surface area contributed by atoms with E-state index in [-0.39, 0.29) is 41.8 Å². The third kappa shape index (κ3) is 4.66. The molecule has 0 unspecified atom stereocenters. The van der Waals surface area contributed by atoms with Gasteiger partial charge in [0.05, 0.1) is 0 Å². The topological polar surface area (TPSA) is 116 Å². The summed E-state index contributed by atoms with van der Waals surface area (Å²) in [4.78, 5) is 32.9. The number of phenols is 1. The van der Waals surface area contributed by atoms with E-state index in [0.29, 0.717) is 0 Å². The summed E-state index contributed by atoms with van der Waals surface area (Å²) in [6.07, 6.45) is 0.0723. The minimum absolute atomic E-state index is 0.0723. The molecule has 0 aliphatic rings. The molecule has 0 atom stereocenters. The predicted octanol–water partition coefficient (Wildman–Crippen LogP) is 0.555. The predicted molar refractivity (Wildman–Crippen MR) is 67.0 cm³/mol. The zero-order valence-electron chi connectivity index (χ0n) is 10.3. The average molecular weight is 266 g/mol. The highest BCUT2D eigenvalue weighted by atomic mass is 16.4. The molecule has 1 aromatic rings. The number of rotatable bonds is 5. The number of aromatic hydroxyl groups is 1. The van der Waals surface area contributed by atoms with Crippen molar-refractivity contribution < 1.29 is 24.6 Å². The molecule has 102 valence electrons. The molecule has 0 fully saturated rings. The van der Waals surface area contributed by atoms with Crippen molar-refractivity contribution in [3.05, 3.63) is 23.8 Å². The quantitative estimate of drug-likeness (QED) is 0.581. The van der Waals surface area contributed by atoms with Gasteiger partial charge in [0.1, 0.15) is 11.3 Å². The van der Waals surface area contributed by atoms with Crippen molar-refractivity contribution in [3.63, 3.8) is 0 Å². The second-order valence-corrected chi connectivity index (χ2v) is 3.82. The molecule has 0 spiro atoms. The SMILES string of the molecule is CC(=O)NCCC(=O)Nc1ccc(O)c(C(=O)O)c1. The Labute approximate surface area is 109 Å². The first-order chi connectivity index (χ1) is 8.90. The molecule has 7 heteroatoms. The summed E-state index contributed by atoms with van der Waals surface area (Å²) in [7, 11) is 0. The lowest BCUT2D eigenvalue weighted by molar-refractivity contribution is -0.119. The fraction of sp³-hybridized carbons (Fsp3) is 0.250. The van der Waals surface area contributed by atoms with Crippen LogP contribution in [0.5, 0.6) is 5.75 Å². The van der Waals surface area contributed by atoms with Gasteiger partial charge in [-0.3, -0.25) is 9.59 Å². The van der Waals surface area contributed by atoms with Crippen LogP contribution in [-0.2, 0) is 9.59 Å². The average Bonchev–Trinajstić information content (AvgIpc) is 2.30. The van der Waals surface area contributed by atoms with Crippen molar-refractivity contribution in [1.29, 1.82) is 0 Å². The van der Waals surface area contributed by atoms with Crippen LogP contribution in [0.2, 0.25) is 0 Å². The molecule has 19 heavy (non-hydrogen) atoms. The number of carboxylic acids is 1. The minimum Gasteiger partial charge on any atom is -0.507 e. The lowest BCUT2D eigenvalue weighted by Crippen LogP contribution is -2.25. The maximum atomic E-state index is 11.5. The maximum Gasteiger partial charge on any atom is 0.339 e. The Balaban J connectivity index is 2.62. The first kappa shape index (κ1) is 14.5. The first-order valence-electron chi connectivity index (χ1n) is 5.50. The van der Waals surface area contributed by atoms with Crippen LogP contribution >= 0.6 is 0 Å². The normalized spacial score (nSPS) is 9.74. The number of benzene rings is 1. The summed E-state index contributed by atoms with van der Waals surface area (Å²) in [5.74, 6) is -2.25. The molecule has 1 rings (SSSR count).